The van der Waals surface area contributed by atoms with Crippen LogP contribution >= 0.6 is 0 Å². The van der Waals surface area contributed by atoms with Crippen LogP contribution in [0.15, 0.2) is 66.7 Å². The van der Waals surface area contributed by atoms with Gasteiger partial charge in [-0.25, -0.2) is 0 Å². The molecule has 1 heterocycles. The van der Waals surface area contributed by atoms with E-state index in [1.54, 1.807) is 48.5 Å². The summed E-state index contributed by atoms with van der Waals surface area (Å²) in [6.45, 7) is 0. The summed E-state index contributed by atoms with van der Waals surface area (Å²) in [5.74, 6) is -1.59. The van der Waals surface area contributed by atoms with Gasteiger partial charge in [-0.3, -0.25) is 28.9 Å². The third-order valence-corrected chi connectivity index (χ3v) is 5.60. The Balaban J connectivity index is 1.42. The minimum Gasteiger partial charge on any atom is -0.322 e. The molecule has 0 unspecified atom stereocenters. The Morgan fingerprint density at radius 1 is 0.688 bits per heavy atom. The molecule has 2 aliphatic rings. The highest BCUT2D eigenvalue weighted by atomic mass is 16.2. The van der Waals surface area contributed by atoms with E-state index in [-0.39, 0.29) is 47.3 Å². The number of ketones is 2. The van der Waals surface area contributed by atoms with E-state index in [9.17, 15) is 24.0 Å². The van der Waals surface area contributed by atoms with Crippen molar-refractivity contribution < 1.29 is 24.0 Å². The van der Waals surface area contributed by atoms with E-state index >= 15 is 0 Å². The highest BCUT2D eigenvalue weighted by Gasteiger charge is 2.31. The van der Waals surface area contributed by atoms with Crippen LogP contribution in [0.1, 0.15) is 55.0 Å². The van der Waals surface area contributed by atoms with Gasteiger partial charge in [0.05, 0.1) is 5.69 Å². The lowest BCUT2D eigenvalue weighted by molar-refractivity contribution is -0.121. The van der Waals surface area contributed by atoms with Crippen molar-refractivity contribution in [3.63, 3.8) is 0 Å². The van der Waals surface area contributed by atoms with Gasteiger partial charge in [-0.15, -0.1) is 0 Å². The van der Waals surface area contributed by atoms with E-state index in [1.165, 1.54) is 18.2 Å². The van der Waals surface area contributed by atoms with Crippen molar-refractivity contribution in [2.75, 3.05) is 10.2 Å². The maximum Gasteiger partial charge on any atom is 0.255 e. The zero-order valence-corrected chi connectivity index (χ0v) is 16.8. The molecule has 1 aliphatic heterocycles. The van der Waals surface area contributed by atoms with Crippen LogP contribution in [-0.2, 0) is 9.59 Å². The van der Waals surface area contributed by atoms with Crippen LogP contribution in [0.5, 0.6) is 0 Å². The number of benzene rings is 3. The maximum atomic E-state index is 12.9. The van der Waals surface area contributed by atoms with E-state index in [0.717, 1.165) is 4.90 Å². The predicted molar refractivity (Wildman–Crippen MR) is 116 cm³/mol. The molecule has 3 aromatic rings. The highest BCUT2D eigenvalue weighted by molar-refractivity contribution is 6.28. The lowest BCUT2D eigenvalue weighted by Crippen LogP contribution is -2.28. The van der Waals surface area contributed by atoms with Crippen molar-refractivity contribution in [1.29, 1.82) is 0 Å². The molecule has 5 rings (SSSR count). The molecule has 32 heavy (non-hydrogen) atoms. The fourth-order valence-corrected chi connectivity index (χ4v) is 4.03. The second kappa shape index (κ2) is 7.39. The first-order valence-corrected chi connectivity index (χ1v) is 10.0. The number of rotatable bonds is 3. The van der Waals surface area contributed by atoms with Crippen molar-refractivity contribution >= 4 is 40.7 Å². The predicted octanol–water partition coefficient (Wildman–Crippen LogP) is 3.37. The molecule has 7 heteroatoms. The van der Waals surface area contributed by atoms with Crippen molar-refractivity contribution in [3.8, 4) is 0 Å². The van der Waals surface area contributed by atoms with E-state index in [1.807, 2.05) is 0 Å². The lowest BCUT2D eigenvalue weighted by Gasteiger charge is -2.18. The molecule has 0 radical (unpaired) electrons. The zero-order valence-electron chi connectivity index (χ0n) is 16.8. The number of amides is 3. The van der Waals surface area contributed by atoms with Crippen LogP contribution in [0.25, 0.3) is 0 Å². The van der Waals surface area contributed by atoms with Crippen LogP contribution in [0.2, 0.25) is 0 Å². The molecule has 1 saturated heterocycles. The second-order valence-electron chi connectivity index (χ2n) is 7.59. The Morgan fingerprint density at radius 2 is 1.31 bits per heavy atom. The van der Waals surface area contributed by atoms with Crippen molar-refractivity contribution in [2.24, 2.45) is 0 Å². The SMILES string of the molecule is O=C(Nc1ccc2c(c1)C(=O)c1ccccc1C2=O)c1cccc(N2C(=O)CCC2=O)c1. The van der Waals surface area contributed by atoms with Crippen molar-refractivity contribution in [1.82, 2.24) is 0 Å². The Kier molecular flexibility index (Phi) is 4.52. The quantitative estimate of drug-likeness (QED) is 0.508. The van der Waals surface area contributed by atoms with Gasteiger partial charge in [-0.2, -0.15) is 0 Å². The molecule has 0 aromatic heterocycles. The Hall–Kier alpha value is -4.39. The Morgan fingerprint density at radius 3 is 2.00 bits per heavy atom. The molecular weight excluding hydrogens is 408 g/mol. The van der Waals surface area contributed by atoms with Crippen LogP contribution in [0, 0.1) is 0 Å². The molecule has 1 N–H and O–H groups in total. The number of nitrogens with zero attached hydrogens (tertiary/aromatic N) is 1. The third-order valence-electron chi connectivity index (χ3n) is 5.60. The molecule has 156 valence electrons. The monoisotopic (exact) mass is 424 g/mol. The first kappa shape index (κ1) is 19.6. The number of anilines is 2. The summed E-state index contributed by atoms with van der Waals surface area (Å²) in [5, 5.41) is 2.72. The number of imide groups is 1. The molecule has 1 aliphatic carbocycles. The van der Waals surface area contributed by atoms with E-state index in [0.29, 0.717) is 28.1 Å². The van der Waals surface area contributed by atoms with Crippen LogP contribution < -0.4 is 10.2 Å². The number of fused-ring (bicyclic) bond motifs is 2. The number of nitrogens with one attached hydrogen (secondary N) is 1. The molecule has 0 atom stereocenters. The summed E-state index contributed by atoms with van der Waals surface area (Å²) in [7, 11) is 0. The summed E-state index contributed by atoms with van der Waals surface area (Å²) < 4.78 is 0. The number of carbonyl (C=O) groups excluding carboxylic acids is 5. The maximum absolute atomic E-state index is 12.9. The molecule has 3 amide bonds. The van der Waals surface area contributed by atoms with Gasteiger partial charge in [0, 0.05) is 46.3 Å². The number of hydrogen-bond acceptors (Lipinski definition) is 5. The summed E-state index contributed by atoms with van der Waals surface area (Å²) in [6, 6.07) is 17.4. The summed E-state index contributed by atoms with van der Waals surface area (Å²) >= 11 is 0. The number of carbonyl (C=O) groups is 5. The highest BCUT2D eigenvalue weighted by Crippen LogP contribution is 2.29. The molecule has 0 bridgehead atoms. The average Bonchev–Trinajstić information content (AvgIpc) is 3.15. The zero-order chi connectivity index (χ0) is 22.4. The minimum atomic E-state index is -0.471. The van der Waals surface area contributed by atoms with Gasteiger partial charge in [-0.1, -0.05) is 30.3 Å². The van der Waals surface area contributed by atoms with Gasteiger partial charge >= 0.3 is 0 Å². The van der Waals surface area contributed by atoms with Crippen molar-refractivity contribution in [3.05, 3.63) is 94.5 Å². The average molecular weight is 424 g/mol. The topological polar surface area (TPSA) is 101 Å². The largest absolute Gasteiger partial charge is 0.322 e. The van der Waals surface area contributed by atoms with Crippen molar-refractivity contribution in [2.45, 2.75) is 12.8 Å². The fourth-order valence-electron chi connectivity index (χ4n) is 4.03. The first-order chi connectivity index (χ1) is 15.4. The lowest BCUT2D eigenvalue weighted by atomic mass is 9.84. The molecule has 7 nitrogen and oxygen atoms in total. The van der Waals surface area contributed by atoms with Gasteiger partial charge in [0.1, 0.15) is 0 Å². The standard InChI is InChI=1S/C25H16N2O5/c28-21-10-11-22(29)27(21)16-5-3-4-14(12-16)25(32)26-15-8-9-19-20(13-15)24(31)18-7-2-1-6-17(18)23(19)30/h1-9,12-13H,10-11H2,(H,26,32). The van der Waals surface area contributed by atoms with E-state index in [2.05, 4.69) is 5.32 Å². The molecular formula is C25H16N2O5. The molecule has 1 fully saturated rings. The van der Waals surface area contributed by atoms with Gasteiger partial charge in [0.25, 0.3) is 5.91 Å². The van der Waals surface area contributed by atoms with Gasteiger partial charge < -0.3 is 5.32 Å². The normalized spacial score (nSPS) is 14.9. The molecule has 0 spiro atoms. The number of hydrogen-bond donors (Lipinski definition) is 1. The first-order valence-electron chi connectivity index (χ1n) is 10.0. The van der Waals surface area contributed by atoms with E-state index < -0.39 is 5.91 Å². The van der Waals surface area contributed by atoms with Crippen LogP contribution in [0.4, 0.5) is 11.4 Å². The summed E-state index contributed by atoms with van der Waals surface area (Å²) in [5.41, 5.74) is 2.17. The van der Waals surface area contributed by atoms with Gasteiger partial charge in [0.15, 0.2) is 11.6 Å². The summed E-state index contributed by atoms with van der Waals surface area (Å²) in [6.07, 6.45) is 0.306. The van der Waals surface area contributed by atoms with Gasteiger partial charge in [0.2, 0.25) is 11.8 Å². The minimum absolute atomic E-state index is 0.153. The molecule has 0 saturated carbocycles. The third kappa shape index (κ3) is 3.11. The molecule has 3 aromatic carbocycles. The summed E-state index contributed by atoms with van der Waals surface area (Å²) in [4.78, 5) is 63.5. The Bertz CT molecular complexity index is 1340. The van der Waals surface area contributed by atoms with Gasteiger partial charge in [-0.05, 0) is 36.4 Å². The van der Waals surface area contributed by atoms with E-state index in [4.69, 9.17) is 0 Å². The van der Waals surface area contributed by atoms with Crippen LogP contribution in [0.3, 0.4) is 0 Å². The van der Waals surface area contributed by atoms with Crippen LogP contribution in [-0.4, -0.2) is 29.3 Å². The fraction of sp³-hybridized carbons (Fsp3) is 0.0800. The second-order valence-corrected chi connectivity index (χ2v) is 7.59. The Labute approximate surface area is 182 Å². The smallest absolute Gasteiger partial charge is 0.255 e.